The van der Waals surface area contributed by atoms with E-state index in [0.29, 0.717) is 13.2 Å². The number of carbonyl (C=O) groups excluding carboxylic acids is 1. The first-order valence-electron chi connectivity index (χ1n) is 8.33. The standard InChI is InChI=1S/C17H23NO3S/c1-11-2-7-15(22-11)17(19)18-8-9-20-14-6-5-13(18)16(14)21-10-12-3-4-12/h2,7,12-14,16H,3-6,8-10H2,1H3. The van der Waals surface area contributed by atoms with Crippen molar-refractivity contribution in [3.05, 3.63) is 21.9 Å². The highest BCUT2D eigenvalue weighted by molar-refractivity contribution is 7.13. The van der Waals surface area contributed by atoms with Crippen molar-refractivity contribution in [1.82, 2.24) is 4.90 Å². The summed E-state index contributed by atoms with van der Waals surface area (Å²) in [6.45, 7) is 4.18. The molecule has 22 heavy (non-hydrogen) atoms. The number of nitrogens with zero attached hydrogens (tertiary/aromatic N) is 1. The highest BCUT2D eigenvalue weighted by atomic mass is 32.1. The minimum Gasteiger partial charge on any atom is -0.374 e. The first-order chi connectivity index (χ1) is 10.7. The Bertz CT molecular complexity index is 554. The van der Waals surface area contributed by atoms with Gasteiger partial charge in [0.2, 0.25) is 0 Å². The third-order valence-electron chi connectivity index (χ3n) is 4.99. The Balaban J connectivity index is 1.51. The van der Waals surface area contributed by atoms with Crippen LogP contribution in [0.2, 0.25) is 0 Å². The van der Waals surface area contributed by atoms with E-state index >= 15 is 0 Å². The summed E-state index contributed by atoms with van der Waals surface area (Å²) >= 11 is 1.58. The second-order valence-corrected chi connectivity index (χ2v) is 7.99. The summed E-state index contributed by atoms with van der Waals surface area (Å²) in [5, 5.41) is 0. The molecule has 120 valence electrons. The van der Waals surface area contributed by atoms with Crippen LogP contribution >= 0.6 is 11.3 Å². The first-order valence-corrected chi connectivity index (χ1v) is 9.14. The molecule has 1 amide bonds. The van der Waals surface area contributed by atoms with Crippen LogP contribution in [0.3, 0.4) is 0 Å². The third-order valence-corrected chi connectivity index (χ3v) is 5.98. The average molecular weight is 321 g/mol. The highest BCUT2D eigenvalue weighted by Gasteiger charge is 2.45. The molecule has 4 nitrogen and oxygen atoms in total. The monoisotopic (exact) mass is 321 g/mol. The molecular formula is C17H23NO3S. The number of ether oxygens (including phenoxy) is 2. The lowest BCUT2D eigenvalue weighted by atomic mass is 10.1. The van der Waals surface area contributed by atoms with Gasteiger partial charge in [-0.25, -0.2) is 0 Å². The molecule has 4 rings (SSSR count). The number of aryl methyl sites for hydroxylation is 1. The van der Waals surface area contributed by atoms with Crippen molar-refractivity contribution in [3.8, 4) is 0 Å². The lowest BCUT2D eigenvalue weighted by Crippen LogP contribution is -2.46. The van der Waals surface area contributed by atoms with E-state index in [4.69, 9.17) is 9.47 Å². The van der Waals surface area contributed by atoms with Crippen LogP contribution in [-0.4, -0.2) is 48.8 Å². The fraction of sp³-hybridized carbons (Fsp3) is 0.706. The first kappa shape index (κ1) is 14.7. The van der Waals surface area contributed by atoms with Gasteiger partial charge in [-0.1, -0.05) is 0 Å². The van der Waals surface area contributed by atoms with Crippen molar-refractivity contribution < 1.29 is 14.3 Å². The normalized spacial score (nSPS) is 31.3. The number of carbonyl (C=O) groups is 1. The Kier molecular flexibility index (Phi) is 3.96. The van der Waals surface area contributed by atoms with E-state index in [9.17, 15) is 4.79 Å². The molecule has 0 spiro atoms. The van der Waals surface area contributed by atoms with Crippen LogP contribution in [0.25, 0.3) is 0 Å². The molecule has 3 unspecified atom stereocenters. The van der Waals surface area contributed by atoms with E-state index in [1.807, 2.05) is 24.0 Å². The van der Waals surface area contributed by atoms with Crippen LogP contribution in [0, 0.1) is 12.8 Å². The maximum Gasteiger partial charge on any atom is 0.264 e. The van der Waals surface area contributed by atoms with E-state index in [2.05, 4.69) is 0 Å². The molecule has 0 N–H and O–H groups in total. The molecule has 2 saturated carbocycles. The van der Waals surface area contributed by atoms with Gasteiger partial charge in [0.1, 0.15) is 6.10 Å². The van der Waals surface area contributed by atoms with Crippen LogP contribution < -0.4 is 0 Å². The minimum absolute atomic E-state index is 0.0631. The van der Waals surface area contributed by atoms with E-state index in [0.717, 1.165) is 30.2 Å². The van der Waals surface area contributed by atoms with Gasteiger partial charge in [-0.2, -0.15) is 0 Å². The Morgan fingerprint density at radius 2 is 2.23 bits per heavy atom. The van der Waals surface area contributed by atoms with Crippen molar-refractivity contribution in [2.24, 2.45) is 5.92 Å². The van der Waals surface area contributed by atoms with Crippen LogP contribution in [0.15, 0.2) is 12.1 Å². The largest absolute Gasteiger partial charge is 0.374 e. The topological polar surface area (TPSA) is 38.8 Å². The van der Waals surface area contributed by atoms with Gasteiger partial charge in [-0.15, -0.1) is 11.3 Å². The zero-order valence-electron chi connectivity index (χ0n) is 13.0. The van der Waals surface area contributed by atoms with Crippen molar-refractivity contribution in [2.45, 2.75) is 50.9 Å². The molecule has 3 fully saturated rings. The summed E-state index contributed by atoms with van der Waals surface area (Å²) in [6, 6.07) is 4.15. The third kappa shape index (κ3) is 2.82. The number of thiophene rings is 1. The van der Waals surface area contributed by atoms with Crippen LogP contribution in [0.1, 0.15) is 40.2 Å². The van der Waals surface area contributed by atoms with Gasteiger partial charge >= 0.3 is 0 Å². The molecule has 1 aliphatic heterocycles. The van der Waals surface area contributed by atoms with Gasteiger partial charge in [-0.3, -0.25) is 4.79 Å². The number of fused-ring (bicyclic) bond motifs is 2. The Morgan fingerprint density at radius 3 is 2.95 bits per heavy atom. The molecule has 1 aromatic rings. The Hall–Kier alpha value is -0.910. The molecule has 0 aromatic carbocycles. The van der Waals surface area contributed by atoms with Crippen LogP contribution in [0.5, 0.6) is 0 Å². The van der Waals surface area contributed by atoms with Crippen molar-refractivity contribution >= 4 is 17.2 Å². The van der Waals surface area contributed by atoms with Crippen LogP contribution in [0.4, 0.5) is 0 Å². The predicted molar refractivity (Wildman–Crippen MR) is 85.3 cm³/mol. The molecule has 3 atom stereocenters. The summed E-state index contributed by atoms with van der Waals surface area (Å²) in [4.78, 5) is 16.9. The number of rotatable bonds is 4. The molecule has 3 aliphatic rings. The number of amides is 1. The maximum absolute atomic E-state index is 12.9. The smallest absolute Gasteiger partial charge is 0.264 e. The van der Waals surface area contributed by atoms with Gasteiger partial charge in [0.05, 0.1) is 23.6 Å². The summed E-state index contributed by atoms with van der Waals surface area (Å²) in [6.07, 6.45) is 4.82. The molecule has 1 aromatic heterocycles. The lowest BCUT2D eigenvalue weighted by molar-refractivity contribution is -0.0556. The van der Waals surface area contributed by atoms with Gasteiger partial charge in [0.25, 0.3) is 5.91 Å². The second-order valence-electron chi connectivity index (χ2n) is 6.70. The molecule has 2 aliphatic carbocycles. The molecule has 1 saturated heterocycles. The lowest BCUT2D eigenvalue weighted by Gasteiger charge is -2.31. The predicted octanol–water partition coefficient (Wildman–Crippen LogP) is 2.86. The molecule has 2 bridgehead atoms. The summed E-state index contributed by atoms with van der Waals surface area (Å²) in [5.74, 6) is 0.890. The fourth-order valence-corrected chi connectivity index (χ4v) is 4.41. The van der Waals surface area contributed by atoms with E-state index in [-0.39, 0.29) is 24.2 Å². The van der Waals surface area contributed by atoms with Crippen molar-refractivity contribution in [2.75, 3.05) is 19.8 Å². The zero-order chi connectivity index (χ0) is 15.1. The summed E-state index contributed by atoms with van der Waals surface area (Å²) in [5.41, 5.74) is 0. The zero-order valence-corrected chi connectivity index (χ0v) is 13.8. The van der Waals surface area contributed by atoms with E-state index < -0.39 is 0 Å². The van der Waals surface area contributed by atoms with Crippen LogP contribution in [-0.2, 0) is 9.47 Å². The summed E-state index contributed by atoms with van der Waals surface area (Å²) in [7, 11) is 0. The average Bonchev–Trinajstić information content (AvgIpc) is 3.13. The van der Waals surface area contributed by atoms with Gasteiger partial charge < -0.3 is 14.4 Å². The Morgan fingerprint density at radius 1 is 1.36 bits per heavy atom. The van der Waals surface area contributed by atoms with E-state index in [1.165, 1.54) is 17.7 Å². The van der Waals surface area contributed by atoms with Gasteiger partial charge in [0, 0.05) is 18.0 Å². The SMILES string of the molecule is Cc1ccc(C(=O)N2CCOC3CCC2C3OCC2CC2)s1. The highest BCUT2D eigenvalue weighted by Crippen LogP contribution is 2.36. The van der Waals surface area contributed by atoms with E-state index in [1.54, 1.807) is 11.3 Å². The quantitative estimate of drug-likeness (QED) is 0.856. The molecule has 5 heteroatoms. The Labute approximate surface area is 135 Å². The second kappa shape index (κ2) is 5.95. The molecule has 0 radical (unpaired) electrons. The minimum atomic E-state index is 0.0631. The molecular weight excluding hydrogens is 298 g/mol. The number of hydrogen-bond acceptors (Lipinski definition) is 4. The van der Waals surface area contributed by atoms with Crippen molar-refractivity contribution in [3.63, 3.8) is 0 Å². The molecule has 2 heterocycles. The summed E-state index contributed by atoms with van der Waals surface area (Å²) < 4.78 is 12.1. The number of hydrogen-bond donors (Lipinski definition) is 0. The van der Waals surface area contributed by atoms with Gasteiger partial charge in [-0.05, 0) is 50.7 Å². The van der Waals surface area contributed by atoms with Gasteiger partial charge in [0.15, 0.2) is 0 Å². The fourth-order valence-electron chi connectivity index (χ4n) is 3.58. The van der Waals surface area contributed by atoms with Crippen molar-refractivity contribution in [1.29, 1.82) is 0 Å². The maximum atomic E-state index is 12.9.